The van der Waals surface area contributed by atoms with Crippen molar-refractivity contribution in [3.63, 3.8) is 0 Å². The summed E-state index contributed by atoms with van der Waals surface area (Å²) in [6.45, 7) is 9.16. The molecule has 1 aromatic carbocycles. The Hall–Kier alpha value is -1.95. The van der Waals surface area contributed by atoms with Crippen LogP contribution in [-0.4, -0.2) is 25.9 Å². The third kappa shape index (κ3) is 4.77. The molecule has 24 heavy (non-hydrogen) atoms. The van der Waals surface area contributed by atoms with E-state index in [4.69, 9.17) is 4.42 Å². The van der Waals surface area contributed by atoms with Gasteiger partial charge in [0.2, 0.25) is 11.8 Å². The molecule has 1 heterocycles. The summed E-state index contributed by atoms with van der Waals surface area (Å²) < 4.78 is 18.2. The maximum absolute atomic E-state index is 12.5. The molecule has 0 fully saturated rings. The van der Waals surface area contributed by atoms with E-state index in [0.717, 1.165) is 5.56 Å². The van der Waals surface area contributed by atoms with E-state index < -0.39 is 16.0 Å². The fraction of sp³-hybridized carbons (Fsp3) is 0.444. The van der Waals surface area contributed by atoms with Gasteiger partial charge in [0, 0.05) is 21.9 Å². The Balaban J connectivity index is 2.09. The minimum absolute atomic E-state index is 0.195. The maximum Gasteiger partial charge on any atom is 0.235 e. The van der Waals surface area contributed by atoms with Crippen LogP contribution in [0.2, 0.25) is 0 Å². The van der Waals surface area contributed by atoms with Gasteiger partial charge in [-0.15, -0.1) is 0 Å². The molecule has 0 spiro atoms. The molecule has 0 saturated carbocycles. The highest BCUT2D eigenvalue weighted by Crippen LogP contribution is 2.22. The van der Waals surface area contributed by atoms with Gasteiger partial charge < -0.3 is 9.73 Å². The minimum Gasteiger partial charge on any atom is -0.441 e. The number of aromatic nitrogens is 1. The average molecular weight is 348 g/mol. The fourth-order valence-corrected chi connectivity index (χ4v) is 3.20. The van der Waals surface area contributed by atoms with Crippen LogP contribution >= 0.6 is 0 Å². The molecule has 0 saturated heterocycles. The third-order valence-corrected chi connectivity index (χ3v) is 5.01. The van der Waals surface area contributed by atoms with E-state index in [-0.39, 0.29) is 17.2 Å². The van der Waals surface area contributed by atoms with E-state index in [2.05, 4.69) is 10.3 Å². The van der Waals surface area contributed by atoms with E-state index in [1.165, 1.54) is 0 Å². The minimum atomic E-state index is -1.37. The number of hydrogen-bond donors (Lipinski definition) is 1. The molecule has 1 amide bonds. The number of hydrogen-bond acceptors (Lipinski definition) is 4. The van der Waals surface area contributed by atoms with Gasteiger partial charge in [0.05, 0.1) is 11.4 Å². The number of nitrogens with zero attached hydrogens (tertiary/aromatic N) is 1. The Morgan fingerprint density at radius 1 is 1.29 bits per heavy atom. The summed E-state index contributed by atoms with van der Waals surface area (Å²) >= 11 is 0. The van der Waals surface area contributed by atoms with Crippen LogP contribution < -0.4 is 5.32 Å². The highest BCUT2D eigenvalue weighted by atomic mass is 32.2. The van der Waals surface area contributed by atoms with E-state index in [1.54, 1.807) is 13.8 Å². The largest absolute Gasteiger partial charge is 0.441 e. The van der Waals surface area contributed by atoms with Crippen molar-refractivity contribution in [3.05, 3.63) is 41.8 Å². The number of amides is 1. The second kappa shape index (κ2) is 7.30. The summed E-state index contributed by atoms with van der Waals surface area (Å²) in [7, 11) is -1.37. The van der Waals surface area contributed by atoms with Crippen molar-refractivity contribution >= 4 is 16.7 Å². The van der Waals surface area contributed by atoms with Gasteiger partial charge in [-0.1, -0.05) is 18.2 Å². The molecule has 130 valence electrons. The molecular weight excluding hydrogens is 324 g/mol. The zero-order valence-corrected chi connectivity index (χ0v) is 15.6. The molecule has 1 aromatic heterocycles. The molecular formula is C18H24N2O3S. The second-order valence-corrected chi connectivity index (χ2v) is 8.55. The Kier molecular flexibility index (Phi) is 5.59. The number of oxazole rings is 1. The zero-order valence-electron chi connectivity index (χ0n) is 14.8. The van der Waals surface area contributed by atoms with Gasteiger partial charge in [0.15, 0.2) is 0 Å². The van der Waals surface area contributed by atoms with Crippen molar-refractivity contribution in [2.75, 3.05) is 0 Å². The fourth-order valence-electron chi connectivity index (χ4n) is 2.12. The smallest absolute Gasteiger partial charge is 0.235 e. The molecule has 0 aliphatic carbocycles. The van der Waals surface area contributed by atoms with Gasteiger partial charge in [-0.2, -0.15) is 0 Å². The normalized spacial score (nSPS) is 14.2. The number of carbonyl (C=O) groups excluding carboxylic acids is 1. The van der Waals surface area contributed by atoms with Crippen LogP contribution in [0, 0.1) is 6.92 Å². The molecule has 1 N–H and O–H groups in total. The third-order valence-electron chi connectivity index (χ3n) is 3.45. The number of aryl methyl sites for hydroxylation is 1. The van der Waals surface area contributed by atoms with Crippen LogP contribution in [0.25, 0.3) is 11.5 Å². The Morgan fingerprint density at radius 2 is 1.92 bits per heavy atom. The lowest BCUT2D eigenvalue weighted by molar-refractivity contribution is -0.121. The molecule has 2 rings (SSSR count). The van der Waals surface area contributed by atoms with E-state index in [0.29, 0.717) is 17.3 Å². The standard InChI is InChI=1S/C18H24N2O3S/c1-12-15(19-17(23-12)14-9-7-6-8-10-14)11-24(22)13(2)16(21)20-18(3,4)5/h6-10,13H,11H2,1-5H3,(H,20,21). The van der Waals surface area contributed by atoms with Crippen LogP contribution in [0.5, 0.6) is 0 Å². The number of nitrogens with one attached hydrogen (secondary N) is 1. The molecule has 5 nitrogen and oxygen atoms in total. The van der Waals surface area contributed by atoms with Gasteiger partial charge in [-0.05, 0) is 46.8 Å². The first-order valence-corrected chi connectivity index (χ1v) is 9.26. The molecule has 6 heteroatoms. The van der Waals surface area contributed by atoms with E-state index in [9.17, 15) is 9.00 Å². The van der Waals surface area contributed by atoms with Crippen molar-refractivity contribution in [1.29, 1.82) is 0 Å². The van der Waals surface area contributed by atoms with E-state index >= 15 is 0 Å². The zero-order chi connectivity index (χ0) is 17.9. The molecule has 0 aliphatic rings. The van der Waals surface area contributed by atoms with Crippen LogP contribution in [0.1, 0.15) is 39.1 Å². The number of carbonyl (C=O) groups is 1. The van der Waals surface area contributed by atoms with Gasteiger partial charge in [0.25, 0.3) is 0 Å². The molecule has 2 atom stereocenters. The van der Waals surface area contributed by atoms with Gasteiger partial charge in [0.1, 0.15) is 11.0 Å². The van der Waals surface area contributed by atoms with Gasteiger partial charge in [-0.25, -0.2) is 4.98 Å². The highest BCUT2D eigenvalue weighted by Gasteiger charge is 2.25. The van der Waals surface area contributed by atoms with Crippen LogP contribution in [0.3, 0.4) is 0 Å². The topological polar surface area (TPSA) is 72.2 Å². The predicted molar refractivity (Wildman–Crippen MR) is 95.9 cm³/mol. The van der Waals surface area contributed by atoms with Crippen molar-refractivity contribution in [3.8, 4) is 11.5 Å². The summed E-state index contributed by atoms with van der Waals surface area (Å²) in [5.74, 6) is 1.11. The van der Waals surface area contributed by atoms with Gasteiger partial charge in [-0.3, -0.25) is 9.00 Å². The van der Waals surface area contributed by atoms with Crippen molar-refractivity contribution < 1.29 is 13.4 Å². The van der Waals surface area contributed by atoms with Crippen LogP contribution in [0.15, 0.2) is 34.7 Å². The Bertz CT molecular complexity index is 732. The SMILES string of the molecule is Cc1oc(-c2ccccc2)nc1CS(=O)C(C)C(=O)NC(C)(C)C. The molecule has 2 aromatic rings. The highest BCUT2D eigenvalue weighted by molar-refractivity contribution is 7.85. The Morgan fingerprint density at radius 3 is 2.50 bits per heavy atom. The summed E-state index contributed by atoms with van der Waals surface area (Å²) in [4.78, 5) is 16.6. The van der Waals surface area contributed by atoms with Crippen molar-refractivity contribution in [2.24, 2.45) is 0 Å². The van der Waals surface area contributed by atoms with Gasteiger partial charge >= 0.3 is 0 Å². The van der Waals surface area contributed by atoms with Crippen LogP contribution in [0.4, 0.5) is 0 Å². The van der Waals surface area contributed by atoms with E-state index in [1.807, 2.05) is 51.1 Å². The molecule has 0 radical (unpaired) electrons. The predicted octanol–water partition coefficient (Wildman–Crippen LogP) is 3.20. The quantitative estimate of drug-likeness (QED) is 0.900. The second-order valence-electron chi connectivity index (χ2n) is 6.79. The number of rotatable bonds is 5. The first-order chi connectivity index (χ1) is 11.2. The van der Waals surface area contributed by atoms with Crippen molar-refractivity contribution in [1.82, 2.24) is 10.3 Å². The number of benzene rings is 1. The lowest BCUT2D eigenvalue weighted by Gasteiger charge is -2.22. The first-order valence-electron chi connectivity index (χ1n) is 7.88. The van der Waals surface area contributed by atoms with Crippen LogP contribution in [-0.2, 0) is 21.3 Å². The first kappa shape index (κ1) is 18.4. The summed E-state index contributed by atoms with van der Waals surface area (Å²) in [5.41, 5.74) is 1.15. The maximum atomic E-state index is 12.5. The summed E-state index contributed by atoms with van der Waals surface area (Å²) in [5, 5.41) is 2.24. The average Bonchev–Trinajstić information content (AvgIpc) is 2.86. The molecule has 2 unspecified atom stereocenters. The van der Waals surface area contributed by atoms with Crippen molar-refractivity contribution in [2.45, 2.75) is 51.2 Å². The Labute approximate surface area is 145 Å². The lowest BCUT2D eigenvalue weighted by Crippen LogP contribution is -2.46. The summed E-state index contributed by atoms with van der Waals surface area (Å²) in [6.07, 6.45) is 0. The monoisotopic (exact) mass is 348 g/mol. The molecule has 0 bridgehead atoms. The molecule has 0 aliphatic heterocycles. The summed E-state index contributed by atoms with van der Waals surface area (Å²) in [6, 6.07) is 9.55. The lowest BCUT2D eigenvalue weighted by atomic mass is 10.1.